The number of pyridine rings is 1. The number of amides is 1. The Hall–Kier alpha value is -2.34. The topological polar surface area (TPSA) is 94.2 Å². The zero-order valence-electron chi connectivity index (χ0n) is 9.07. The number of nitrogens with one attached hydrogen (secondary N) is 3. The summed E-state index contributed by atoms with van der Waals surface area (Å²) in [5, 5.41) is 10.3. The van der Waals surface area contributed by atoms with Crippen molar-refractivity contribution in [3.8, 4) is 5.75 Å². The monoisotopic (exact) mass is 233 g/mol. The third-order valence-electron chi connectivity index (χ3n) is 2.36. The second-order valence-electron chi connectivity index (χ2n) is 3.43. The van der Waals surface area contributed by atoms with Crippen molar-refractivity contribution in [3.05, 3.63) is 40.2 Å². The highest BCUT2D eigenvalue weighted by molar-refractivity contribution is 6.01. The van der Waals surface area contributed by atoms with E-state index in [-0.39, 0.29) is 11.3 Å². The van der Waals surface area contributed by atoms with E-state index in [0.717, 1.165) is 0 Å². The number of hydrazine groups is 1. The number of aromatic nitrogens is 1. The Morgan fingerprint density at radius 3 is 2.76 bits per heavy atom. The van der Waals surface area contributed by atoms with Gasteiger partial charge in [0.25, 0.3) is 11.5 Å². The highest BCUT2D eigenvalue weighted by atomic mass is 16.3. The van der Waals surface area contributed by atoms with Crippen LogP contribution in [0.4, 0.5) is 0 Å². The van der Waals surface area contributed by atoms with Gasteiger partial charge in [-0.1, -0.05) is 12.1 Å². The fourth-order valence-corrected chi connectivity index (χ4v) is 1.61. The van der Waals surface area contributed by atoms with E-state index in [1.807, 2.05) is 0 Å². The Morgan fingerprint density at radius 1 is 1.35 bits per heavy atom. The van der Waals surface area contributed by atoms with Crippen molar-refractivity contribution in [3.63, 3.8) is 0 Å². The molecule has 1 aromatic carbocycles. The fraction of sp³-hybridized carbons (Fsp3) is 0.0909. The number of aromatic hydroxyl groups is 1. The van der Waals surface area contributed by atoms with Crippen LogP contribution < -0.4 is 16.4 Å². The zero-order chi connectivity index (χ0) is 12.4. The van der Waals surface area contributed by atoms with Gasteiger partial charge in [-0.2, -0.15) is 0 Å². The average molecular weight is 233 g/mol. The second-order valence-corrected chi connectivity index (χ2v) is 3.43. The number of carbonyl (C=O) groups excluding carboxylic acids is 1. The molecule has 0 fully saturated rings. The van der Waals surface area contributed by atoms with Gasteiger partial charge in [0.05, 0.1) is 5.52 Å². The Balaban J connectivity index is 2.72. The molecule has 0 spiro atoms. The lowest BCUT2D eigenvalue weighted by atomic mass is 10.1. The molecule has 17 heavy (non-hydrogen) atoms. The normalized spacial score (nSPS) is 10.4. The van der Waals surface area contributed by atoms with Gasteiger partial charge in [0.15, 0.2) is 0 Å². The minimum Gasteiger partial charge on any atom is -0.506 e. The maximum absolute atomic E-state index is 11.7. The molecule has 88 valence electrons. The highest BCUT2D eigenvalue weighted by Gasteiger charge is 2.18. The van der Waals surface area contributed by atoms with Gasteiger partial charge in [-0.25, -0.2) is 5.43 Å². The van der Waals surface area contributed by atoms with Gasteiger partial charge in [0.1, 0.15) is 11.3 Å². The molecule has 6 nitrogen and oxygen atoms in total. The van der Waals surface area contributed by atoms with Gasteiger partial charge in [0, 0.05) is 12.4 Å². The molecule has 0 atom stereocenters. The smallest absolute Gasteiger partial charge is 0.274 e. The molecule has 0 saturated heterocycles. The predicted octanol–water partition coefficient (Wildman–Crippen LogP) is 0.0979. The van der Waals surface area contributed by atoms with E-state index in [2.05, 4.69) is 15.8 Å². The van der Waals surface area contributed by atoms with Crippen molar-refractivity contribution in [2.45, 2.75) is 0 Å². The number of hydrogen-bond acceptors (Lipinski definition) is 4. The SMILES string of the molecule is CNNC(=O)c1c(O)c2ccccc2[nH]c1=O. The lowest BCUT2D eigenvalue weighted by Crippen LogP contribution is -2.37. The summed E-state index contributed by atoms with van der Waals surface area (Å²) in [5.41, 5.74) is 4.19. The molecular weight excluding hydrogens is 222 g/mol. The van der Waals surface area contributed by atoms with Crippen LogP contribution in [0.1, 0.15) is 10.4 Å². The summed E-state index contributed by atoms with van der Waals surface area (Å²) >= 11 is 0. The number of aromatic amines is 1. The Labute approximate surface area is 96.2 Å². The van der Waals surface area contributed by atoms with E-state index in [1.165, 1.54) is 7.05 Å². The minimum atomic E-state index is -0.683. The van der Waals surface area contributed by atoms with Crippen LogP contribution in [-0.2, 0) is 0 Å². The quantitative estimate of drug-likeness (QED) is 0.553. The molecule has 0 aliphatic heterocycles. The van der Waals surface area contributed by atoms with Crippen molar-refractivity contribution in [2.75, 3.05) is 7.05 Å². The van der Waals surface area contributed by atoms with E-state index in [9.17, 15) is 14.7 Å². The first kappa shape index (κ1) is 11.2. The predicted molar refractivity (Wildman–Crippen MR) is 62.8 cm³/mol. The first-order valence-electron chi connectivity index (χ1n) is 4.96. The molecule has 1 aromatic heterocycles. The van der Waals surface area contributed by atoms with E-state index < -0.39 is 11.5 Å². The highest BCUT2D eigenvalue weighted by Crippen LogP contribution is 2.23. The first-order valence-corrected chi connectivity index (χ1v) is 4.96. The van der Waals surface area contributed by atoms with E-state index in [0.29, 0.717) is 10.9 Å². The molecule has 1 amide bonds. The summed E-state index contributed by atoms with van der Waals surface area (Å²) in [5.74, 6) is -1.01. The standard InChI is InChI=1S/C11H11N3O3/c1-12-14-11(17)8-9(15)6-4-2-3-5-7(6)13-10(8)16/h2-5,12H,1H3,(H,14,17)(H2,13,15,16). The zero-order valence-corrected chi connectivity index (χ0v) is 9.07. The van der Waals surface area contributed by atoms with Crippen LogP contribution in [0.5, 0.6) is 5.75 Å². The maximum atomic E-state index is 11.7. The van der Waals surface area contributed by atoms with Crippen LogP contribution in [-0.4, -0.2) is 23.0 Å². The van der Waals surface area contributed by atoms with Gasteiger partial charge in [-0.05, 0) is 12.1 Å². The number of H-pyrrole nitrogens is 1. The molecule has 6 heteroatoms. The number of benzene rings is 1. The van der Waals surface area contributed by atoms with Gasteiger partial charge in [-0.3, -0.25) is 15.0 Å². The Kier molecular flexibility index (Phi) is 2.80. The summed E-state index contributed by atoms with van der Waals surface area (Å²) in [6.07, 6.45) is 0. The molecule has 0 unspecified atom stereocenters. The average Bonchev–Trinajstić information content (AvgIpc) is 2.29. The summed E-state index contributed by atoms with van der Waals surface area (Å²) in [6.45, 7) is 0. The molecule has 0 bridgehead atoms. The summed E-state index contributed by atoms with van der Waals surface area (Å²) in [4.78, 5) is 25.8. The second kappa shape index (κ2) is 4.26. The molecule has 1 heterocycles. The molecule has 0 aliphatic carbocycles. The van der Waals surface area contributed by atoms with Crippen LogP contribution in [0, 0.1) is 0 Å². The Morgan fingerprint density at radius 2 is 2.06 bits per heavy atom. The van der Waals surface area contributed by atoms with Gasteiger partial charge in [-0.15, -0.1) is 0 Å². The third kappa shape index (κ3) is 1.85. The summed E-state index contributed by atoms with van der Waals surface area (Å²) < 4.78 is 0. The van der Waals surface area contributed by atoms with Crippen molar-refractivity contribution in [1.29, 1.82) is 0 Å². The number of hydrogen-bond donors (Lipinski definition) is 4. The van der Waals surface area contributed by atoms with Crippen LogP contribution in [0.15, 0.2) is 29.1 Å². The van der Waals surface area contributed by atoms with E-state index in [4.69, 9.17) is 0 Å². The number of rotatable bonds is 2. The molecule has 4 N–H and O–H groups in total. The number of carbonyl (C=O) groups is 1. The lowest BCUT2D eigenvalue weighted by molar-refractivity contribution is 0.0934. The first-order chi connectivity index (χ1) is 8.15. The third-order valence-corrected chi connectivity index (χ3v) is 2.36. The van der Waals surface area contributed by atoms with Crippen LogP contribution in [0.3, 0.4) is 0 Å². The molecule has 2 rings (SSSR count). The Bertz CT molecular complexity index is 633. The maximum Gasteiger partial charge on any atom is 0.274 e. The minimum absolute atomic E-state index is 0.307. The van der Waals surface area contributed by atoms with E-state index >= 15 is 0 Å². The van der Waals surface area contributed by atoms with Crippen LogP contribution in [0.25, 0.3) is 10.9 Å². The molecule has 2 aromatic rings. The van der Waals surface area contributed by atoms with Crippen molar-refractivity contribution < 1.29 is 9.90 Å². The molecule has 0 saturated carbocycles. The summed E-state index contributed by atoms with van der Waals surface area (Å²) in [6, 6.07) is 6.71. The lowest BCUT2D eigenvalue weighted by Gasteiger charge is -2.07. The van der Waals surface area contributed by atoms with Crippen LogP contribution >= 0.6 is 0 Å². The fourth-order valence-electron chi connectivity index (χ4n) is 1.61. The molecule has 0 aliphatic rings. The largest absolute Gasteiger partial charge is 0.506 e. The van der Waals surface area contributed by atoms with E-state index in [1.54, 1.807) is 24.3 Å². The van der Waals surface area contributed by atoms with Gasteiger partial charge >= 0.3 is 0 Å². The number of fused-ring (bicyclic) bond motifs is 1. The van der Waals surface area contributed by atoms with Crippen LogP contribution in [0.2, 0.25) is 0 Å². The van der Waals surface area contributed by atoms with Gasteiger partial charge in [0.2, 0.25) is 0 Å². The van der Waals surface area contributed by atoms with Gasteiger partial charge < -0.3 is 10.1 Å². The molecular formula is C11H11N3O3. The van der Waals surface area contributed by atoms with Crippen molar-refractivity contribution >= 4 is 16.8 Å². The summed E-state index contributed by atoms with van der Waals surface area (Å²) in [7, 11) is 1.49. The van der Waals surface area contributed by atoms with Crippen molar-refractivity contribution in [2.24, 2.45) is 0 Å². The van der Waals surface area contributed by atoms with Crippen molar-refractivity contribution in [1.82, 2.24) is 15.8 Å². The molecule has 0 radical (unpaired) electrons. The number of para-hydroxylation sites is 1.